The second-order valence-corrected chi connectivity index (χ2v) is 6.86. The van der Waals surface area contributed by atoms with Gasteiger partial charge in [0.15, 0.2) is 0 Å². The van der Waals surface area contributed by atoms with Crippen molar-refractivity contribution in [1.29, 1.82) is 0 Å². The molecule has 1 aromatic heterocycles. The molecule has 0 amide bonds. The molecule has 3 rings (SSSR count). The van der Waals surface area contributed by atoms with Crippen molar-refractivity contribution in [3.05, 3.63) is 65.9 Å². The summed E-state index contributed by atoms with van der Waals surface area (Å²) in [5.41, 5.74) is 5.50. The van der Waals surface area contributed by atoms with E-state index in [9.17, 15) is 5.11 Å². The smallest absolute Gasteiger partial charge is 0.0720 e. The molecule has 2 aromatic carbocycles. The SMILES string of the molecule is Cc1c(CC(O)CNC(C)C)nc2ccccc2c1-c1ccccc1. The number of hydrogen-bond acceptors (Lipinski definition) is 3. The Morgan fingerprint density at radius 2 is 1.68 bits per heavy atom. The van der Waals surface area contributed by atoms with Crippen LogP contribution >= 0.6 is 0 Å². The third-order valence-electron chi connectivity index (χ3n) is 4.49. The fraction of sp³-hybridized carbons (Fsp3) is 0.318. The topological polar surface area (TPSA) is 45.1 Å². The first kappa shape index (κ1) is 17.6. The van der Waals surface area contributed by atoms with Gasteiger partial charge < -0.3 is 10.4 Å². The van der Waals surface area contributed by atoms with Crippen LogP contribution in [0, 0.1) is 6.92 Å². The van der Waals surface area contributed by atoms with Crippen LogP contribution in [0.3, 0.4) is 0 Å². The van der Waals surface area contributed by atoms with Crippen molar-refractivity contribution in [2.75, 3.05) is 6.54 Å². The van der Waals surface area contributed by atoms with Crippen LogP contribution in [0.25, 0.3) is 22.0 Å². The zero-order valence-electron chi connectivity index (χ0n) is 15.2. The molecule has 0 radical (unpaired) electrons. The van der Waals surface area contributed by atoms with Crippen molar-refractivity contribution < 1.29 is 5.11 Å². The minimum Gasteiger partial charge on any atom is -0.391 e. The van der Waals surface area contributed by atoms with Crippen LogP contribution in [0.5, 0.6) is 0 Å². The number of pyridine rings is 1. The Kier molecular flexibility index (Phi) is 5.47. The summed E-state index contributed by atoms with van der Waals surface area (Å²) >= 11 is 0. The van der Waals surface area contributed by atoms with Gasteiger partial charge in [-0.3, -0.25) is 4.98 Å². The van der Waals surface area contributed by atoms with Gasteiger partial charge in [-0.05, 0) is 29.7 Å². The maximum Gasteiger partial charge on any atom is 0.0720 e. The van der Waals surface area contributed by atoms with Crippen molar-refractivity contribution >= 4 is 10.9 Å². The Bertz CT molecular complexity index is 843. The lowest BCUT2D eigenvalue weighted by atomic mass is 9.93. The average molecular weight is 334 g/mol. The van der Waals surface area contributed by atoms with Gasteiger partial charge in [0.05, 0.1) is 11.6 Å². The van der Waals surface area contributed by atoms with E-state index in [0.717, 1.165) is 22.2 Å². The molecule has 0 bridgehead atoms. The van der Waals surface area contributed by atoms with E-state index < -0.39 is 6.10 Å². The van der Waals surface area contributed by atoms with Crippen LogP contribution < -0.4 is 5.32 Å². The molecule has 3 heteroatoms. The molecule has 3 nitrogen and oxygen atoms in total. The molecule has 130 valence electrons. The molecular formula is C22H26N2O. The van der Waals surface area contributed by atoms with Gasteiger partial charge in [-0.15, -0.1) is 0 Å². The molecule has 0 fully saturated rings. The number of fused-ring (bicyclic) bond motifs is 1. The van der Waals surface area contributed by atoms with Crippen molar-refractivity contribution in [3.63, 3.8) is 0 Å². The zero-order chi connectivity index (χ0) is 17.8. The molecule has 0 spiro atoms. The Balaban J connectivity index is 2.04. The van der Waals surface area contributed by atoms with Gasteiger partial charge in [0, 0.05) is 30.1 Å². The van der Waals surface area contributed by atoms with E-state index in [4.69, 9.17) is 4.98 Å². The summed E-state index contributed by atoms with van der Waals surface area (Å²) in [6.45, 7) is 6.85. The summed E-state index contributed by atoms with van der Waals surface area (Å²) in [5, 5.41) is 14.9. The minimum absolute atomic E-state index is 0.361. The first-order valence-corrected chi connectivity index (χ1v) is 8.91. The predicted octanol–water partition coefficient (Wildman–Crippen LogP) is 4.11. The summed E-state index contributed by atoms with van der Waals surface area (Å²) < 4.78 is 0. The Labute approximate surface area is 149 Å². The highest BCUT2D eigenvalue weighted by Crippen LogP contribution is 2.32. The van der Waals surface area contributed by atoms with Crippen LogP contribution in [0.4, 0.5) is 0 Å². The molecule has 0 aliphatic rings. The van der Waals surface area contributed by atoms with Crippen LogP contribution in [-0.2, 0) is 6.42 Å². The van der Waals surface area contributed by atoms with E-state index in [1.54, 1.807) is 0 Å². The summed E-state index contributed by atoms with van der Waals surface area (Å²) in [6.07, 6.45) is 0.106. The second-order valence-electron chi connectivity index (χ2n) is 6.86. The molecule has 0 aliphatic carbocycles. The van der Waals surface area contributed by atoms with Gasteiger partial charge in [-0.1, -0.05) is 62.4 Å². The van der Waals surface area contributed by atoms with E-state index >= 15 is 0 Å². The number of nitrogens with zero attached hydrogens (tertiary/aromatic N) is 1. The maximum absolute atomic E-state index is 10.4. The van der Waals surface area contributed by atoms with Crippen LogP contribution in [0.15, 0.2) is 54.6 Å². The Morgan fingerprint density at radius 3 is 2.40 bits per heavy atom. The molecule has 0 saturated heterocycles. The highest BCUT2D eigenvalue weighted by molar-refractivity contribution is 5.96. The normalized spacial score (nSPS) is 12.7. The van der Waals surface area contributed by atoms with Gasteiger partial charge in [-0.25, -0.2) is 0 Å². The second kappa shape index (κ2) is 7.77. The number of hydrogen-bond donors (Lipinski definition) is 2. The standard InChI is InChI=1S/C22H26N2O/c1-15(2)23-14-18(25)13-21-16(3)22(17-9-5-4-6-10-17)19-11-7-8-12-20(19)24-21/h4-12,15,18,23,25H,13-14H2,1-3H3. The molecule has 0 aliphatic heterocycles. The van der Waals surface area contributed by atoms with Gasteiger partial charge in [0.1, 0.15) is 0 Å². The van der Waals surface area contributed by atoms with Gasteiger partial charge >= 0.3 is 0 Å². The Morgan fingerprint density at radius 1 is 1.00 bits per heavy atom. The van der Waals surface area contributed by atoms with Crippen molar-refractivity contribution in [3.8, 4) is 11.1 Å². The monoisotopic (exact) mass is 334 g/mol. The molecular weight excluding hydrogens is 308 g/mol. The number of para-hydroxylation sites is 1. The summed E-state index contributed by atoms with van der Waals surface area (Å²) in [4.78, 5) is 4.84. The average Bonchev–Trinajstić information content (AvgIpc) is 2.61. The van der Waals surface area contributed by atoms with E-state index in [2.05, 4.69) is 62.5 Å². The molecule has 1 unspecified atom stereocenters. The molecule has 3 aromatic rings. The zero-order valence-corrected chi connectivity index (χ0v) is 15.2. The number of nitrogens with one attached hydrogen (secondary N) is 1. The van der Waals surface area contributed by atoms with Crippen molar-refractivity contribution in [2.45, 2.75) is 39.3 Å². The third kappa shape index (κ3) is 4.06. The number of rotatable bonds is 6. The number of aromatic nitrogens is 1. The third-order valence-corrected chi connectivity index (χ3v) is 4.49. The molecule has 1 atom stereocenters. The van der Waals surface area contributed by atoms with Crippen LogP contribution in [0.1, 0.15) is 25.1 Å². The van der Waals surface area contributed by atoms with Gasteiger partial charge in [0.25, 0.3) is 0 Å². The maximum atomic E-state index is 10.4. The van der Waals surface area contributed by atoms with Crippen molar-refractivity contribution in [2.24, 2.45) is 0 Å². The quantitative estimate of drug-likeness (QED) is 0.713. The molecule has 25 heavy (non-hydrogen) atoms. The first-order valence-electron chi connectivity index (χ1n) is 8.91. The number of aliphatic hydroxyl groups is 1. The lowest BCUT2D eigenvalue weighted by molar-refractivity contribution is 0.167. The lowest BCUT2D eigenvalue weighted by Gasteiger charge is -2.18. The molecule has 1 heterocycles. The summed E-state index contributed by atoms with van der Waals surface area (Å²) in [6, 6.07) is 19.0. The largest absolute Gasteiger partial charge is 0.391 e. The highest BCUT2D eigenvalue weighted by atomic mass is 16.3. The Hall–Kier alpha value is -2.23. The fourth-order valence-corrected chi connectivity index (χ4v) is 3.20. The van der Waals surface area contributed by atoms with Crippen molar-refractivity contribution in [1.82, 2.24) is 10.3 Å². The van der Waals surface area contributed by atoms with E-state index in [1.807, 2.05) is 18.2 Å². The predicted molar refractivity (Wildman–Crippen MR) is 105 cm³/mol. The highest BCUT2D eigenvalue weighted by Gasteiger charge is 2.16. The van der Waals surface area contributed by atoms with E-state index in [0.29, 0.717) is 19.0 Å². The lowest BCUT2D eigenvalue weighted by Crippen LogP contribution is -2.33. The summed E-state index contributed by atoms with van der Waals surface area (Å²) in [5.74, 6) is 0. The van der Waals surface area contributed by atoms with Gasteiger partial charge in [-0.2, -0.15) is 0 Å². The van der Waals surface area contributed by atoms with E-state index in [1.165, 1.54) is 11.1 Å². The van der Waals surface area contributed by atoms with Crippen LogP contribution in [0.2, 0.25) is 0 Å². The molecule has 0 saturated carbocycles. The first-order chi connectivity index (χ1) is 12.1. The fourth-order valence-electron chi connectivity index (χ4n) is 3.20. The van der Waals surface area contributed by atoms with Gasteiger partial charge in [0.2, 0.25) is 0 Å². The van der Waals surface area contributed by atoms with E-state index in [-0.39, 0.29) is 0 Å². The van der Waals surface area contributed by atoms with Crippen LogP contribution in [-0.4, -0.2) is 28.8 Å². The molecule has 2 N–H and O–H groups in total. The summed E-state index contributed by atoms with van der Waals surface area (Å²) in [7, 11) is 0. The minimum atomic E-state index is -0.446. The number of benzene rings is 2. The number of aliphatic hydroxyl groups excluding tert-OH is 1.